The van der Waals surface area contributed by atoms with E-state index in [-0.39, 0.29) is 6.29 Å². The quantitative estimate of drug-likeness (QED) is 0.773. The van der Waals surface area contributed by atoms with Gasteiger partial charge in [0.2, 0.25) is 6.29 Å². The van der Waals surface area contributed by atoms with Crippen molar-refractivity contribution in [2.24, 2.45) is 5.92 Å². The van der Waals surface area contributed by atoms with Crippen molar-refractivity contribution in [3.63, 3.8) is 0 Å². The van der Waals surface area contributed by atoms with Crippen LogP contribution in [0.2, 0.25) is 0 Å². The summed E-state index contributed by atoms with van der Waals surface area (Å²) in [6.07, 6.45) is 2.76. The summed E-state index contributed by atoms with van der Waals surface area (Å²) in [5.74, 6) is 0.425. The fourth-order valence-electron chi connectivity index (χ4n) is 1.93. The molecule has 0 fully saturated rings. The summed E-state index contributed by atoms with van der Waals surface area (Å²) in [6.45, 7) is 4.86. The van der Waals surface area contributed by atoms with Gasteiger partial charge in [0.15, 0.2) is 0 Å². The standard InChI is InChI=1S/C14H18O2/c1-11-8-12(2)14(15-9-11)16-10-13-6-4-3-5-7-13/h3-7,9,12,14H,8,10H2,1-2H3. The Morgan fingerprint density at radius 1 is 1.31 bits per heavy atom. The SMILES string of the molecule is CC1=COC(OCc2ccccc2)C(C)C1. The third kappa shape index (κ3) is 2.86. The average Bonchev–Trinajstić information content (AvgIpc) is 2.29. The van der Waals surface area contributed by atoms with Crippen molar-refractivity contribution < 1.29 is 9.47 Å². The summed E-state index contributed by atoms with van der Waals surface area (Å²) in [5, 5.41) is 0. The van der Waals surface area contributed by atoms with Crippen LogP contribution in [0, 0.1) is 5.92 Å². The van der Waals surface area contributed by atoms with Crippen molar-refractivity contribution in [3.05, 3.63) is 47.7 Å². The molecule has 1 heterocycles. The smallest absolute Gasteiger partial charge is 0.202 e. The van der Waals surface area contributed by atoms with Crippen LogP contribution in [0.5, 0.6) is 0 Å². The van der Waals surface area contributed by atoms with Gasteiger partial charge >= 0.3 is 0 Å². The van der Waals surface area contributed by atoms with Gasteiger partial charge in [0.05, 0.1) is 12.9 Å². The second kappa shape index (κ2) is 5.17. The van der Waals surface area contributed by atoms with Gasteiger partial charge in [-0.05, 0) is 24.5 Å². The molecule has 0 aromatic heterocycles. The van der Waals surface area contributed by atoms with Gasteiger partial charge < -0.3 is 9.47 Å². The van der Waals surface area contributed by atoms with Crippen LogP contribution in [0.4, 0.5) is 0 Å². The zero-order valence-electron chi connectivity index (χ0n) is 9.85. The van der Waals surface area contributed by atoms with E-state index in [0.717, 1.165) is 6.42 Å². The van der Waals surface area contributed by atoms with E-state index < -0.39 is 0 Å². The first-order valence-corrected chi connectivity index (χ1v) is 5.72. The third-order valence-electron chi connectivity index (χ3n) is 2.77. The van der Waals surface area contributed by atoms with E-state index >= 15 is 0 Å². The molecule has 0 spiro atoms. The maximum atomic E-state index is 5.76. The van der Waals surface area contributed by atoms with Crippen molar-refractivity contribution in [2.75, 3.05) is 0 Å². The fraction of sp³-hybridized carbons (Fsp3) is 0.429. The van der Waals surface area contributed by atoms with E-state index in [9.17, 15) is 0 Å². The maximum Gasteiger partial charge on any atom is 0.202 e. The topological polar surface area (TPSA) is 18.5 Å². The lowest BCUT2D eigenvalue weighted by molar-refractivity contribution is -0.151. The molecular weight excluding hydrogens is 200 g/mol. The van der Waals surface area contributed by atoms with Crippen molar-refractivity contribution in [3.8, 4) is 0 Å². The Labute approximate surface area is 96.9 Å². The molecule has 0 saturated heterocycles. The molecule has 86 valence electrons. The van der Waals surface area contributed by atoms with Crippen LogP contribution in [0.3, 0.4) is 0 Å². The Balaban J connectivity index is 1.87. The summed E-state index contributed by atoms with van der Waals surface area (Å²) in [7, 11) is 0. The van der Waals surface area contributed by atoms with Gasteiger partial charge in [-0.3, -0.25) is 0 Å². The molecule has 1 aliphatic heterocycles. The Bertz CT molecular complexity index is 356. The zero-order valence-corrected chi connectivity index (χ0v) is 9.85. The van der Waals surface area contributed by atoms with Crippen LogP contribution in [-0.4, -0.2) is 6.29 Å². The molecule has 16 heavy (non-hydrogen) atoms. The van der Waals surface area contributed by atoms with Crippen LogP contribution in [-0.2, 0) is 16.1 Å². The molecule has 2 nitrogen and oxygen atoms in total. The lowest BCUT2D eigenvalue weighted by atomic mass is 10.0. The molecule has 2 heteroatoms. The Kier molecular flexibility index (Phi) is 3.62. The minimum atomic E-state index is -0.107. The molecule has 2 rings (SSSR count). The van der Waals surface area contributed by atoms with Gasteiger partial charge in [-0.2, -0.15) is 0 Å². The molecule has 0 saturated carbocycles. The molecule has 1 aromatic carbocycles. The number of ether oxygens (including phenoxy) is 2. The molecule has 2 unspecified atom stereocenters. The van der Waals surface area contributed by atoms with E-state index in [4.69, 9.17) is 9.47 Å². The lowest BCUT2D eigenvalue weighted by Crippen LogP contribution is -2.26. The molecule has 2 atom stereocenters. The van der Waals surface area contributed by atoms with Gasteiger partial charge in [-0.25, -0.2) is 0 Å². The number of rotatable bonds is 3. The van der Waals surface area contributed by atoms with E-state index in [1.165, 1.54) is 11.1 Å². The van der Waals surface area contributed by atoms with Gasteiger partial charge in [-0.1, -0.05) is 37.3 Å². The first-order valence-electron chi connectivity index (χ1n) is 5.72. The predicted octanol–water partition coefficient (Wildman–Crippen LogP) is 3.49. The van der Waals surface area contributed by atoms with Gasteiger partial charge in [0.1, 0.15) is 0 Å². The minimum absolute atomic E-state index is 0.107. The van der Waals surface area contributed by atoms with Crippen molar-refractivity contribution >= 4 is 0 Å². The largest absolute Gasteiger partial charge is 0.472 e. The molecular formula is C14H18O2. The minimum Gasteiger partial charge on any atom is -0.472 e. The monoisotopic (exact) mass is 218 g/mol. The van der Waals surface area contributed by atoms with E-state index in [2.05, 4.69) is 26.0 Å². The molecule has 0 amide bonds. The first kappa shape index (κ1) is 11.2. The van der Waals surface area contributed by atoms with Gasteiger partial charge in [0, 0.05) is 5.92 Å². The highest BCUT2D eigenvalue weighted by atomic mass is 16.7. The second-order valence-electron chi connectivity index (χ2n) is 4.45. The van der Waals surface area contributed by atoms with E-state index in [0.29, 0.717) is 12.5 Å². The Hall–Kier alpha value is -1.28. The van der Waals surface area contributed by atoms with E-state index in [1.54, 1.807) is 0 Å². The van der Waals surface area contributed by atoms with Gasteiger partial charge in [0.25, 0.3) is 0 Å². The highest BCUT2D eigenvalue weighted by Gasteiger charge is 2.22. The van der Waals surface area contributed by atoms with Gasteiger partial charge in [-0.15, -0.1) is 0 Å². The van der Waals surface area contributed by atoms with Crippen LogP contribution >= 0.6 is 0 Å². The number of benzene rings is 1. The number of hydrogen-bond donors (Lipinski definition) is 0. The molecule has 0 bridgehead atoms. The zero-order chi connectivity index (χ0) is 11.4. The Morgan fingerprint density at radius 2 is 2.06 bits per heavy atom. The molecule has 1 aliphatic rings. The number of allylic oxidation sites excluding steroid dienone is 1. The Morgan fingerprint density at radius 3 is 2.75 bits per heavy atom. The maximum absolute atomic E-state index is 5.76. The summed E-state index contributed by atoms with van der Waals surface area (Å²) in [6, 6.07) is 10.2. The predicted molar refractivity (Wildman–Crippen MR) is 63.6 cm³/mol. The third-order valence-corrected chi connectivity index (χ3v) is 2.77. The normalized spacial score (nSPS) is 24.8. The fourth-order valence-corrected chi connectivity index (χ4v) is 1.93. The second-order valence-corrected chi connectivity index (χ2v) is 4.45. The highest BCUT2D eigenvalue weighted by Crippen LogP contribution is 2.24. The summed E-state index contributed by atoms with van der Waals surface area (Å²) in [4.78, 5) is 0. The van der Waals surface area contributed by atoms with E-state index in [1.807, 2.05) is 24.5 Å². The van der Waals surface area contributed by atoms with Crippen LogP contribution in [0.1, 0.15) is 25.8 Å². The highest BCUT2D eigenvalue weighted by molar-refractivity contribution is 5.13. The molecule has 0 radical (unpaired) electrons. The van der Waals surface area contributed by atoms with Crippen LogP contribution in [0.15, 0.2) is 42.2 Å². The summed E-state index contributed by atoms with van der Waals surface area (Å²) in [5.41, 5.74) is 2.47. The van der Waals surface area contributed by atoms with Crippen molar-refractivity contribution in [2.45, 2.75) is 33.2 Å². The van der Waals surface area contributed by atoms with Crippen molar-refractivity contribution in [1.29, 1.82) is 0 Å². The van der Waals surface area contributed by atoms with Crippen LogP contribution < -0.4 is 0 Å². The van der Waals surface area contributed by atoms with Crippen molar-refractivity contribution in [1.82, 2.24) is 0 Å². The molecule has 0 N–H and O–H groups in total. The summed E-state index contributed by atoms with van der Waals surface area (Å²) >= 11 is 0. The average molecular weight is 218 g/mol. The first-order chi connectivity index (χ1) is 7.75. The summed E-state index contributed by atoms with van der Waals surface area (Å²) < 4.78 is 11.3. The molecule has 1 aromatic rings. The lowest BCUT2D eigenvalue weighted by Gasteiger charge is -2.28. The number of hydrogen-bond acceptors (Lipinski definition) is 2. The molecule has 0 aliphatic carbocycles. The van der Waals surface area contributed by atoms with Crippen LogP contribution in [0.25, 0.3) is 0 Å².